The van der Waals surface area contributed by atoms with Crippen LogP contribution in [0.4, 0.5) is 0 Å². The Hall–Kier alpha value is -1.17. The van der Waals surface area contributed by atoms with E-state index in [9.17, 15) is 0 Å². The van der Waals surface area contributed by atoms with E-state index in [0.717, 1.165) is 30.0 Å². The van der Waals surface area contributed by atoms with Crippen molar-refractivity contribution >= 4 is 22.8 Å². The summed E-state index contributed by atoms with van der Waals surface area (Å²) in [6.07, 6.45) is 2.64. The van der Waals surface area contributed by atoms with Gasteiger partial charge >= 0.3 is 0 Å². The number of hydrogen-bond donors (Lipinski definition) is 0. The second kappa shape index (κ2) is 5.07. The first kappa shape index (κ1) is 12.8. The molecule has 0 spiro atoms. The van der Waals surface area contributed by atoms with Crippen LogP contribution in [0.3, 0.4) is 0 Å². The fourth-order valence-electron chi connectivity index (χ4n) is 2.50. The number of rotatable bonds is 4. The molecule has 1 unspecified atom stereocenters. The number of hydrogen-bond acceptors (Lipinski definition) is 4. The first-order valence-corrected chi connectivity index (χ1v) is 6.80. The minimum atomic E-state index is -0.300. The van der Waals surface area contributed by atoms with Gasteiger partial charge in [0.05, 0.1) is 19.0 Å². The van der Waals surface area contributed by atoms with E-state index < -0.39 is 0 Å². The van der Waals surface area contributed by atoms with Gasteiger partial charge in [-0.2, -0.15) is 0 Å². The summed E-state index contributed by atoms with van der Waals surface area (Å²) >= 11 is 5.99. The fraction of sp³-hybridized carbons (Fsp3) is 0.538. The number of aromatic nitrogens is 3. The molecule has 0 N–H and O–H groups in total. The Labute approximate surface area is 116 Å². The van der Waals surface area contributed by atoms with Crippen LogP contribution in [0.1, 0.15) is 12.2 Å². The van der Waals surface area contributed by atoms with Crippen LogP contribution >= 0.6 is 11.6 Å². The third-order valence-corrected chi connectivity index (χ3v) is 3.89. The number of fused-ring (bicyclic) bond motifs is 1. The highest BCUT2D eigenvalue weighted by Crippen LogP contribution is 2.27. The predicted molar refractivity (Wildman–Crippen MR) is 72.3 cm³/mol. The third-order valence-electron chi connectivity index (χ3n) is 3.65. The van der Waals surface area contributed by atoms with E-state index in [1.807, 2.05) is 16.7 Å². The van der Waals surface area contributed by atoms with Crippen molar-refractivity contribution in [3.63, 3.8) is 0 Å². The van der Waals surface area contributed by atoms with E-state index in [0.29, 0.717) is 19.0 Å². The van der Waals surface area contributed by atoms with Crippen LogP contribution < -0.4 is 0 Å². The molecule has 5 nitrogen and oxygen atoms in total. The second-order valence-corrected chi connectivity index (χ2v) is 5.05. The van der Waals surface area contributed by atoms with Crippen LogP contribution in [0.2, 0.25) is 0 Å². The van der Waals surface area contributed by atoms with Gasteiger partial charge in [0.1, 0.15) is 16.9 Å². The molecule has 1 fully saturated rings. The van der Waals surface area contributed by atoms with E-state index in [2.05, 4.69) is 9.97 Å². The van der Waals surface area contributed by atoms with Gasteiger partial charge in [0, 0.05) is 26.3 Å². The summed E-state index contributed by atoms with van der Waals surface area (Å²) in [6, 6.07) is 3.82. The van der Waals surface area contributed by atoms with Gasteiger partial charge in [0.2, 0.25) is 0 Å². The molecule has 1 atom stereocenters. The van der Waals surface area contributed by atoms with Crippen molar-refractivity contribution in [2.24, 2.45) is 0 Å². The molecule has 0 aromatic carbocycles. The Bertz CT molecular complexity index is 578. The van der Waals surface area contributed by atoms with Gasteiger partial charge < -0.3 is 14.0 Å². The van der Waals surface area contributed by atoms with Crippen molar-refractivity contribution in [3.8, 4) is 0 Å². The average molecular weight is 282 g/mol. The van der Waals surface area contributed by atoms with Gasteiger partial charge in [0.15, 0.2) is 5.65 Å². The lowest BCUT2D eigenvalue weighted by Gasteiger charge is -2.26. The third kappa shape index (κ3) is 2.22. The van der Waals surface area contributed by atoms with Crippen LogP contribution in [-0.2, 0) is 21.9 Å². The Balaban J connectivity index is 2.03. The molecule has 1 aliphatic heterocycles. The Kier molecular flexibility index (Phi) is 3.43. The van der Waals surface area contributed by atoms with Crippen molar-refractivity contribution in [1.29, 1.82) is 0 Å². The molecule has 0 radical (unpaired) electrons. The lowest BCUT2D eigenvalue weighted by Crippen LogP contribution is -2.37. The van der Waals surface area contributed by atoms with Crippen LogP contribution in [0, 0.1) is 0 Å². The maximum atomic E-state index is 5.99. The van der Waals surface area contributed by atoms with Crippen LogP contribution in [0.15, 0.2) is 18.3 Å². The molecule has 102 valence electrons. The number of nitrogens with zero attached hydrogens (tertiary/aromatic N) is 3. The zero-order chi connectivity index (χ0) is 13.3. The lowest BCUT2D eigenvalue weighted by molar-refractivity contribution is -0.0292. The Morgan fingerprint density at radius 3 is 3.16 bits per heavy atom. The van der Waals surface area contributed by atoms with E-state index in [1.54, 1.807) is 13.3 Å². The summed E-state index contributed by atoms with van der Waals surface area (Å²) in [5, 5.41) is 0. The van der Waals surface area contributed by atoms with Gasteiger partial charge in [-0.05, 0) is 12.1 Å². The van der Waals surface area contributed by atoms with Gasteiger partial charge in [-0.1, -0.05) is 0 Å². The highest BCUT2D eigenvalue weighted by molar-refractivity contribution is 6.16. The van der Waals surface area contributed by atoms with Crippen LogP contribution in [0.5, 0.6) is 0 Å². The lowest BCUT2D eigenvalue weighted by atomic mass is 10.0. The van der Waals surface area contributed by atoms with Crippen molar-refractivity contribution in [2.75, 3.05) is 20.3 Å². The first-order chi connectivity index (χ1) is 9.28. The fourth-order valence-corrected chi connectivity index (χ4v) is 2.70. The highest BCUT2D eigenvalue weighted by Gasteiger charge is 2.36. The highest BCUT2D eigenvalue weighted by atomic mass is 35.5. The number of methoxy groups -OCH3 is 1. The summed E-state index contributed by atoms with van der Waals surface area (Å²) in [7, 11) is 1.72. The second-order valence-electron chi connectivity index (χ2n) is 4.78. The summed E-state index contributed by atoms with van der Waals surface area (Å²) in [6.45, 7) is 1.99. The average Bonchev–Trinajstić information content (AvgIpc) is 3.05. The SMILES string of the molecule is COC1(Cn2c(CCl)nc3cccnc32)CCOC1. The molecule has 3 heterocycles. The molecule has 6 heteroatoms. The van der Waals surface area contributed by atoms with Gasteiger partial charge in [0.25, 0.3) is 0 Å². The van der Waals surface area contributed by atoms with E-state index in [4.69, 9.17) is 21.1 Å². The van der Waals surface area contributed by atoms with E-state index in [-0.39, 0.29) is 5.60 Å². The van der Waals surface area contributed by atoms with Crippen LogP contribution in [-0.4, -0.2) is 40.5 Å². The molecule has 0 amide bonds. The molecular formula is C13H16ClN3O2. The predicted octanol–water partition coefficient (Wildman–Crippen LogP) is 1.98. The molecule has 1 saturated heterocycles. The smallest absolute Gasteiger partial charge is 0.160 e. The molecule has 2 aromatic heterocycles. The van der Waals surface area contributed by atoms with Gasteiger partial charge in [-0.25, -0.2) is 9.97 Å². The van der Waals surface area contributed by atoms with E-state index in [1.165, 1.54) is 0 Å². The zero-order valence-electron chi connectivity index (χ0n) is 10.8. The quantitative estimate of drug-likeness (QED) is 0.804. The van der Waals surface area contributed by atoms with Crippen molar-refractivity contribution in [3.05, 3.63) is 24.2 Å². The largest absolute Gasteiger partial charge is 0.378 e. The molecule has 0 aliphatic carbocycles. The van der Waals surface area contributed by atoms with Crippen LogP contribution in [0.25, 0.3) is 11.2 Å². The van der Waals surface area contributed by atoms with Gasteiger partial charge in [-0.3, -0.25) is 0 Å². The Morgan fingerprint density at radius 2 is 2.47 bits per heavy atom. The normalized spacial score (nSPS) is 23.3. The maximum Gasteiger partial charge on any atom is 0.160 e. The van der Waals surface area contributed by atoms with E-state index >= 15 is 0 Å². The summed E-state index contributed by atoms with van der Waals surface area (Å²) in [5.41, 5.74) is 1.41. The molecule has 19 heavy (non-hydrogen) atoms. The summed E-state index contributed by atoms with van der Waals surface area (Å²) in [4.78, 5) is 8.91. The molecule has 3 rings (SSSR count). The van der Waals surface area contributed by atoms with Crippen molar-refractivity contribution < 1.29 is 9.47 Å². The minimum Gasteiger partial charge on any atom is -0.378 e. The van der Waals surface area contributed by atoms with Gasteiger partial charge in [-0.15, -0.1) is 11.6 Å². The summed E-state index contributed by atoms with van der Waals surface area (Å²) < 4.78 is 13.2. The number of ether oxygens (including phenoxy) is 2. The van der Waals surface area contributed by atoms with Crippen molar-refractivity contribution in [2.45, 2.75) is 24.4 Å². The molecular weight excluding hydrogens is 266 g/mol. The monoisotopic (exact) mass is 281 g/mol. The zero-order valence-corrected chi connectivity index (χ0v) is 11.6. The number of pyridine rings is 1. The number of halogens is 1. The first-order valence-electron chi connectivity index (χ1n) is 6.27. The maximum absolute atomic E-state index is 5.99. The standard InChI is InChI=1S/C13H16ClN3O2/c1-18-13(4-6-19-9-13)8-17-11(7-14)16-10-3-2-5-15-12(10)17/h2-3,5H,4,6-9H2,1H3. The summed E-state index contributed by atoms with van der Waals surface area (Å²) in [5.74, 6) is 1.18. The molecule has 0 saturated carbocycles. The number of imidazole rings is 1. The topological polar surface area (TPSA) is 49.2 Å². The molecule has 0 bridgehead atoms. The van der Waals surface area contributed by atoms with Crippen molar-refractivity contribution in [1.82, 2.24) is 14.5 Å². The Morgan fingerprint density at radius 1 is 1.58 bits per heavy atom. The molecule has 2 aromatic rings. The minimum absolute atomic E-state index is 0.300. The molecule has 1 aliphatic rings. The number of alkyl halides is 1.